The van der Waals surface area contributed by atoms with E-state index in [-0.39, 0.29) is 0 Å². The molecule has 2 aliphatic rings. The zero-order chi connectivity index (χ0) is 16.3. The van der Waals surface area contributed by atoms with Crippen LogP contribution in [-0.2, 0) is 4.79 Å². The van der Waals surface area contributed by atoms with Gasteiger partial charge in [-0.05, 0) is 43.4 Å². The summed E-state index contributed by atoms with van der Waals surface area (Å²) in [5.41, 5.74) is 0. The predicted molar refractivity (Wildman–Crippen MR) is 99.6 cm³/mol. The fourth-order valence-corrected chi connectivity index (χ4v) is 4.95. The van der Waals surface area contributed by atoms with Crippen molar-refractivity contribution in [1.82, 2.24) is 0 Å². The van der Waals surface area contributed by atoms with Crippen molar-refractivity contribution in [3.05, 3.63) is 0 Å². The van der Waals surface area contributed by atoms with Crippen LogP contribution in [0.4, 0.5) is 0 Å². The van der Waals surface area contributed by atoms with Crippen molar-refractivity contribution >= 4 is 5.78 Å². The van der Waals surface area contributed by atoms with Gasteiger partial charge in [0.05, 0.1) is 0 Å². The number of rotatable bonds is 10. The molecule has 0 spiro atoms. The van der Waals surface area contributed by atoms with E-state index < -0.39 is 0 Å². The first-order chi connectivity index (χ1) is 11.3. The Bertz CT molecular complexity index is 304. The third kappa shape index (κ3) is 7.40. The van der Waals surface area contributed by atoms with Crippen molar-refractivity contribution < 1.29 is 4.79 Å². The summed E-state index contributed by atoms with van der Waals surface area (Å²) < 4.78 is 0. The highest BCUT2D eigenvalue weighted by Crippen LogP contribution is 2.40. The van der Waals surface area contributed by atoms with Crippen molar-refractivity contribution in [3.8, 4) is 0 Å². The van der Waals surface area contributed by atoms with Crippen LogP contribution in [0.5, 0.6) is 0 Å². The Hall–Kier alpha value is -0.330. The lowest BCUT2D eigenvalue weighted by molar-refractivity contribution is -0.121. The molecule has 0 aromatic rings. The molecule has 0 bridgehead atoms. The number of carbonyl (C=O) groups excluding carboxylic acids is 1. The minimum absolute atomic E-state index is 0.518. The molecule has 0 amide bonds. The summed E-state index contributed by atoms with van der Waals surface area (Å²) in [5, 5.41) is 0. The Morgan fingerprint density at radius 2 is 1.22 bits per heavy atom. The highest BCUT2D eigenvalue weighted by Gasteiger charge is 2.29. The van der Waals surface area contributed by atoms with E-state index in [9.17, 15) is 4.79 Å². The van der Waals surface area contributed by atoms with E-state index in [1.165, 1.54) is 96.3 Å². The van der Waals surface area contributed by atoms with E-state index in [1.807, 2.05) is 0 Å². The molecule has 0 aromatic heterocycles. The maximum absolute atomic E-state index is 11.4. The second-order valence-corrected chi connectivity index (χ2v) is 8.42. The number of Topliss-reactive ketones (excluding diaryl/α,β-unsaturated/α-hetero) is 1. The molecular weight excluding hydrogens is 280 g/mol. The smallest absolute Gasteiger partial charge is 0.132 e. The average Bonchev–Trinajstić information content (AvgIpc) is 2.59. The van der Waals surface area contributed by atoms with Gasteiger partial charge < -0.3 is 0 Å². The Balaban J connectivity index is 1.46. The number of hydrogen-bond donors (Lipinski definition) is 0. The van der Waals surface area contributed by atoms with Crippen LogP contribution in [0.15, 0.2) is 0 Å². The highest BCUT2D eigenvalue weighted by molar-refractivity contribution is 5.79. The summed E-state index contributed by atoms with van der Waals surface area (Å²) in [6.07, 6.45) is 23.1. The maximum Gasteiger partial charge on any atom is 0.132 e. The lowest BCUT2D eigenvalue weighted by Crippen LogP contribution is -2.25. The van der Waals surface area contributed by atoms with Gasteiger partial charge in [0.15, 0.2) is 0 Å². The van der Waals surface area contributed by atoms with E-state index in [1.54, 1.807) is 0 Å². The lowest BCUT2D eigenvalue weighted by atomic mass is 9.70. The summed E-state index contributed by atoms with van der Waals surface area (Å²) >= 11 is 0. The quantitative estimate of drug-likeness (QED) is 0.393. The molecule has 0 aromatic carbocycles. The molecule has 2 aliphatic carbocycles. The van der Waals surface area contributed by atoms with Crippen molar-refractivity contribution in [2.75, 3.05) is 0 Å². The largest absolute Gasteiger partial charge is 0.300 e. The Morgan fingerprint density at radius 3 is 1.83 bits per heavy atom. The second kappa shape index (κ2) is 11.3. The first-order valence-electron chi connectivity index (χ1n) is 10.8. The van der Waals surface area contributed by atoms with Gasteiger partial charge in [0.1, 0.15) is 5.78 Å². The topological polar surface area (TPSA) is 17.1 Å². The fourth-order valence-electron chi connectivity index (χ4n) is 4.95. The third-order valence-electron chi connectivity index (χ3n) is 6.61. The standard InChI is InChI=1S/C22H40O/c1-2-3-4-5-6-7-8-9-10-19-11-13-20(14-12-19)21-15-17-22(23)18-16-21/h19-21H,2-18H2,1H3. The van der Waals surface area contributed by atoms with Crippen molar-refractivity contribution in [2.24, 2.45) is 17.8 Å². The average molecular weight is 321 g/mol. The molecule has 23 heavy (non-hydrogen) atoms. The number of hydrogen-bond acceptors (Lipinski definition) is 1. The van der Waals surface area contributed by atoms with E-state index >= 15 is 0 Å². The van der Waals surface area contributed by atoms with E-state index in [0.717, 1.165) is 30.6 Å². The Labute approximate surface area is 145 Å². The van der Waals surface area contributed by atoms with Gasteiger partial charge in [0.25, 0.3) is 0 Å². The Morgan fingerprint density at radius 1 is 0.696 bits per heavy atom. The van der Waals surface area contributed by atoms with Crippen LogP contribution in [0.3, 0.4) is 0 Å². The maximum atomic E-state index is 11.4. The van der Waals surface area contributed by atoms with Gasteiger partial charge in [-0.2, -0.15) is 0 Å². The first-order valence-corrected chi connectivity index (χ1v) is 10.8. The molecule has 2 rings (SSSR count). The van der Waals surface area contributed by atoms with Crippen LogP contribution in [0.2, 0.25) is 0 Å². The van der Waals surface area contributed by atoms with Gasteiger partial charge in [-0.25, -0.2) is 0 Å². The minimum Gasteiger partial charge on any atom is -0.300 e. The molecule has 2 saturated carbocycles. The van der Waals surface area contributed by atoms with Gasteiger partial charge in [-0.3, -0.25) is 4.79 Å². The van der Waals surface area contributed by atoms with Crippen LogP contribution in [0.25, 0.3) is 0 Å². The summed E-state index contributed by atoms with van der Waals surface area (Å²) in [4.78, 5) is 11.4. The molecule has 0 atom stereocenters. The van der Waals surface area contributed by atoms with Crippen molar-refractivity contribution in [3.63, 3.8) is 0 Å². The second-order valence-electron chi connectivity index (χ2n) is 8.42. The third-order valence-corrected chi connectivity index (χ3v) is 6.61. The summed E-state index contributed by atoms with van der Waals surface area (Å²) in [6.45, 7) is 2.29. The van der Waals surface area contributed by atoms with Gasteiger partial charge in [-0.15, -0.1) is 0 Å². The Kier molecular flexibility index (Phi) is 9.31. The zero-order valence-corrected chi connectivity index (χ0v) is 15.7. The van der Waals surface area contributed by atoms with Gasteiger partial charge in [0.2, 0.25) is 0 Å². The number of unbranched alkanes of at least 4 members (excludes halogenated alkanes) is 7. The van der Waals surface area contributed by atoms with E-state index in [4.69, 9.17) is 0 Å². The molecule has 0 aliphatic heterocycles. The molecule has 1 heteroatoms. The van der Waals surface area contributed by atoms with Gasteiger partial charge >= 0.3 is 0 Å². The molecule has 2 fully saturated rings. The summed E-state index contributed by atoms with van der Waals surface area (Å²) in [6, 6.07) is 0. The van der Waals surface area contributed by atoms with Crippen LogP contribution in [-0.4, -0.2) is 5.78 Å². The van der Waals surface area contributed by atoms with E-state index in [0.29, 0.717) is 5.78 Å². The van der Waals surface area contributed by atoms with E-state index in [2.05, 4.69) is 6.92 Å². The molecule has 0 heterocycles. The minimum atomic E-state index is 0.518. The monoisotopic (exact) mass is 320 g/mol. The number of ketones is 1. The van der Waals surface area contributed by atoms with Gasteiger partial charge in [0, 0.05) is 12.8 Å². The van der Waals surface area contributed by atoms with Crippen molar-refractivity contribution in [1.29, 1.82) is 0 Å². The fraction of sp³-hybridized carbons (Fsp3) is 0.955. The van der Waals surface area contributed by atoms with Crippen molar-refractivity contribution in [2.45, 2.75) is 116 Å². The summed E-state index contributed by atoms with van der Waals surface area (Å²) in [7, 11) is 0. The molecule has 0 N–H and O–H groups in total. The number of carbonyl (C=O) groups is 1. The molecule has 134 valence electrons. The molecule has 0 saturated heterocycles. The molecule has 1 nitrogen and oxygen atoms in total. The lowest BCUT2D eigenvalue weighted by Gasteiger charge is -2.35. The highest BCUT2D eigenvalue weighted by atomic mass is 16.1. The van der Waals surface area contributed by atoms with Crippen LogP contribution in [0.1, 0.15) is 116 Å². The molecule has 0 unspecified atom stereocenters. The SMILES string of the molecule is CCCCCCCCCCC1CCC(C2CCC(=O)CC2)CC1. The van der Waals surface area contributed by atoms with Gasteiger partial charge in [-0.1, -0.05) is 77.6 Å². The van der Waals surface area contributed by atoms with Crippen LogP contribution < -0.4 is 0 Å². The van der Waals surface area contributed by atoms with Crippen LogP contribution >= 0.6 is 0 Å². The molecule has 0 radical (unpaired) electrons. The zero-order valence-electron chi connectivity index (χ0n) is 15.7. The van der Waals surface area contributed by atoms with Crippen LogP contribution in [0, 0.1) is 17.8 Å². The first kappa shape index (κ1) is 19.0. The normalized spacial score (nSPS) is 26.6. The summed E-state index contributed by atoms with van der Waals surface area (Å²) in [5.74, 6) is 3.39. The molecular formula is C22H40O. The predicted octanol–water partition coefficient (Wildman–Crippen LogP) is 7.08.